The number of hydrogen-bond acceptors (Lipinski definition) is 6. The Morgan fingerprint density at radius 2 is 1.75 bits per heavy atom. The lowest BCUT2D eigenvalue weighted by Crippen LogP contribution is -2.41. The maximum absolute atomic E-state index is 12.3. The number of morpholine rings is 1. The Hall–Kier alpha value is -1.96. The maximum atomic E-state index is 12.3. The second-order valence-corrected chi connectivity index (χ2v) is 7.44. The van der Waals surface area contributed by atoms with Crippen LogP contribution in [-0.4, -0.2) is 74.2 Å². The Bertz CT molecular complexity index is 636. The molecule has 2 saturated heterocycles. The first-order chi connectivity index (χ1) is 13.6. The molecule has 1 aromatic rings. The first-order valence-electron chi connectivity index (χ1n) is 10.2. The van der Waals surface area contributed by atoms with Crippen molar-refractivity contribution in [3.8, 4) is 0 Å². The predicted molar refractivity (Wildman–Crippen MR) is 107 cm³/mol. The highest BCUT2D eigenvalue weighted by Gasteiger charge is 2.26. The van der Waals surface area contributed by atoms with E-state index in [2.05, 4.69) is 27.2 Å². The lowest BCUT2D eigenvalue weighted by molar-refractivity contribution is -0.149. The summed E-state index contributed by atoms with van der Waals surface area (Å²) in [5.41, 5.74) is 2.05. The van der Waals surface area contributed by atoms with Gasteiger partial charge in [-0.3, -0.25) is 19.4 Å². The van der Waals surface area contributed by atoms with E-state index in [1.165, 1.54) is 5.56 Å². The van der Waals surface area contributed by atoms with Gasteiger partial charge in [0.25, 0.3) is 0 Å². The van der Waals surface area contributed by atoms with E-state index >= 15 is 0 Å². The number of rotatable bonds is 7. The molecule has 154 valence electrons. The van der Waals surface area contributed by atoms with Crippen LogP contribution in [0.3, 0.4) is 0 Å². The second kappa shape index (κ2) is 10.5. The molecule has 2 heterocycles. The van der Waals surface area contributed by atoms with Gasteiger partial charge in [-0.05, 0) is 50.6 Å². The van der Waals surface area contributed by atoms with Gasteiger partial charge < -0.3 is 14.8 Å². The number of likely N-dealkylation sites (tertiary alicyclic amines) is 1. The summed E-state index contributed by atoms with van der Waals surface area (Å²) >= 11 is 0. The number of hydrogen-bond donors (Lipinski definition) is 1. The molecule has 0 atom stereocenters. The average Bonchev–Trinajstić information content (AvgIpc) is 2.71. The monoisotopic (exact) mass is 389 g/mol. The fraction of sp³-hybridized carbons (Fsp3) is 0.619. The summed E-state index contributed by atoms with van der Waals surface area (Å²) < 4.78 is 10.5. The molecule has 2 fully saturated rings. The van der Waals surface area contributed by atoms with Crippen molar-refractivity contribution in [3.63, 3.8) is 0 Å². The Morgan fingerprint density at radius 1 is 1.07 bits per heavy atom. The van der Waals surface area contributed by atoms with Gasteiger partial charge in [-0.25, -0.2) is 0 Å². The van der Waals surface area contributed by atoms with Crippen LogP contribution in [0.1, 0.15) is 25.3 Å². The van der Waals surface area contributed by atoms with Crippen molar-refractivity contribution >= 4 is 17.6 Å². The van der Waals surface area contributed by atoms with E-state index in [4.69, 9.17) is 9.47 Å². The van der Waals surface area contributed by atoms with Crippen molar-refractivity contribution in [2.45, 2.75) is 26.3 Å². The summed E-state index contributed by atoms with van der Waals surface area (Å²) in [5.74, 6) is -0.155. The van der Waals surface area contributed by atoms with E-state index in [0.717, 1.165) is 64.5 Å². The Labute approximate surface area is 167 Å². The molecule has 0 radical (unpaired) electrons. The predicted octanol–water partition coefficient (Wildman–Crippen LogP) is 1.73. The third-order valence-electron chi connectivity index (χ3n) is 5.32. The quantitative estimate of drug-likeness (QED) is 0.716. The first-order valence-corrected chi connectivity index (χ1v) is 10.2. The minimum atomic E-state index is -0.108. The second-order valence-electron chi connectivity index (χ2n) is 7.44. The number of carbonyl (C=O) groups excluding carboxylic acids is 2. The topological polar surface area (TPSA) is 71.1 Å². The zero-order valence-electron chi connectivity index (χ0n) is 16.7. The highest BCUT2D eigenvalue weighted by molar-refractivity contribution is 5.92. The molecule has 1 amide bonds. The zero-order valence-corrected chi connectivity index (χ0v) is 16.7. The minimum absolute atomic E-state index is 0.0180. The van der Waals surface area contributed by atoms with Gasteiger partial charge in [0.15, 0.2) is 0 Å². The number of ether oxygens (including phenoxy) is 2. The summed E-state index contributed by atoms with van der Waals surface area (Å²) in [6.07, 6.45) is 1.50. The molecule has 0 unspecified atom stereocenters. The molecule has 2 aliphatic rings. The minimum Gasteiger partial charge on any atom is -0.466 e. The molecule has 0 spiro atoms. The van der Waals surface area contributed by atoms with Crippen molar-refractivity contribution in [1.82, 2.24) is 9.80 Å². The van der Waals surface area contributed by atoms with Crippen LogP contribution in [0.2, 0.25) is 0 Å². The molecule has 2 aliphatic heterocycles. The third kappa shape index (κ3) is 6.29. The summed E-state index contributed by atoms with van der Waals surface area (Å²) in [5, 5.41) is 2.97. The van der Waals surface area contributed by atoms with Gasteiger partial charge in [0.2, 0.25) is 5.91 Å². The van der Waals surface area contributed by atoms with Crippen LogP contribution in [0.15, 0.2) is 24.3 Å². The number of nitrogens with one attached hydrogen (secondary N) is 1. The summed E-state index contributed by atoms with van der Waals surface area (Å²) in [6, 6.07) is 8.05. The number of esters is 1. The lowest BCUT2D eigenvalue weighted by Gasteiger charge is -2.30. The fourth-order valence-electron chi connectivity index (χ4n) is 3.70. The molecule has 7 nitrogen and oxygen atoms in total. The van der Waals surface area contributed by atoms with Crippen LogP contribution in [0.25, 0.3) is 0 Å². The Kier molecular flexibility index (Phi) is 7.82. The Balaban J connectivity index is 1.39. The van der Waals surface area contributed by atoms with E-state index in [-0.39, 0.29) is 17.8 Å². The van der Waals surface area contributed by atoms with Crippen molar-refractivity contribution in [2.75, 3.05) is 57.9 Å². The highest BCUT2D eigenvalue weighted by atomic mass is 16.5. The number of piperidine rings is 1. The molecule has 7 heteroatoms. The summed E-state index contributed by atoms with van der Waals surface area (Å²) in [6.45, 7) is 8.52. The standard InChI is InChI=1S/C21H31N3O4/c1-2-28-21(26)18-7-9-23(10-8-18)16-20(25)22-19-5-3-17(4-6-19)15-24-11-13-27-14-12-24/h3-6,18H,2,7-16H2,1H3,(H,22,25). The molecule has 0 aromatic heterocycles. The number of benzene rings is 1. The van der Waals surface area contributed by atoms with Crippen molar-refractivity contribution in [3.05, 3.63) is 29.8 Å². The van der Waals surface area contributed by atoms with Gasteiger partial charge >= 0.3 is 5.97 Å². The van der Waals surface area contributed by atoms with Crippen LogP contribution in [-0.2, 0) is 25.6 Å². The van der Waals surface area contributed by atoms with E-state index in [1.54, 1.807) is 0 Å². The number of carbonyl (C=O) groups is 2. The largest absolute Gasteiger partial charge is 0.466 e. The normalized spacial score (nSPS) is 19.3. The molecule has 1 N–H and O–H groups in total. The zero-order chi connectivity index (χ0) is 19.8. The maximum Gasteiger partial charge on any atom is 0.309 e. The number of anilines is 1. The summed E-state index contributed by atoms with van der Waals surface area (Å²) in [4.78, 5) is 28.6. The number of nitrogens with zero attached hydrogens (tertiary/aromatic N) is 2. The first kappa shape index (κ1) is 20.8. The van der Waals surface area contributed by atoms with Crippen molar-refractivity contribution < 1.29 is 19.1 Å². The average molecular weight is 389 g/mol. The lowest BCUT2D eigenvalue weighted by atomic mass is 9.97. The molecule has 0 bridgehead atoms. The van der Waals surface area contributed by atoms with Crippen LogP contribution < -0.4 is 5.32 Å². The molecule has 28 heavy (non-hydrogen) atoms. The smallest absolute Gasteiger partial charge is 0.309 e. The van der Waals surface area contributed by atoms with Crippen LogP contribution in [0.5, 0.6) is 0 Å². The third-order valence-corrected chi connectivity index (χ3v) is 5.32. The SMILES string of the molecule is CCOC(=O)C1CCN(CC(=O)Nc2ccc(CN3CCOCC3)cc2)CC1. The van der Waals surface area contributed by atoms with Crippen molar-refractivity contribution in [2.24, 2.45) is 5.92 Å². The van der Waals surface area contributed by atoms with Gasteiger partial charge in [0, 0.05) is 25.3 Å². The van der Waals surface area contributed by atoms with E-state index < -0.39 is 0 Å². The van der Waals surface area contributed by atoms with Gasteiger partial charge in [-0.15, -0.1) is 0 Å². The highest BCUT2D eigenvalue weighted by Crippen LogP contribution is 2.19. The van der Waals surface area contributed by atoms with Gasteiger partial charge in [0.05, 0.1) is 32.3 Å². The van der Waals surface area contributed by atoms with Crippen LogP contribution in [0.4, 0.5) is 5.69 Å². The van der Waals surface area contributed by atoms with Gasteiger partial charge in [-0.1, -0.05) is 12.1 Å². The molecule has 1 aromatic carbocycles. The van der Waals surface area contributed by atoms with E-state index in [1.807, 2.05) is 19.1 Å². The molecule has 0 aliphatic carbocycles. The van der Waals surface area contributed by atoms with E-state index in [9.17, 15) is 9.59 Å². The molecular formula is C21H31N3O4. The van der Waals surface area contributed by atoms with Crippen LogP contribution >= 0.6 is 0 Å². The Morgan fingerprint density at radius 3 is 2.39 bits per heavy atom. The molecular weight excluding hydrogens is 358 g/mol. The molecule has 0 saturated carbocycles. The van der Waals surface area contributed by atoms with E-state index in [0.29, 0.717) is 13.2 Å². The number of amides is 1. The van der Waals surface area contributed by atoms with Gasteiger partial charge in [0.1, 0.15) is 0 Å². The summed E-state index contributed by atoms with van der Waals surface area (Å²) in [7, 11) is 0. The van der Waals surface area contributed by atoms with Crippen LogP contribution in [0, 0.1) is 5.92 Å². The fourth-order valence-corrected chi connectivity index (χ4v) is 3.70. The molecule has 3 rings (SSSR count). The van der Waals surface area contributed by atoms with Gasteiger partial charge in [-0.2, -0.15) is 0 Å². The van der Waals surface area contributed by atoms with Crippen molar-refractivity contribution in [1.29, 1.82) is 0 Å².